The van der Waals surface area contributed by atoms with E-state index >= 15 is 0 Å². The number of rotatable bonds is 3. The highest BCUT2D eigenvalue weighted by molar-refractivity contribution is 5.85. The molecule has 1 saturated heterocycles. The van der Waals surface area contributed by atoms with Crippen molar-refractivity contribution in [1.29, 1.82) is 0 Å². The maximum atomic E-state index is 12.0. The number of hydrogen-bond donors (Lipinski definition) is 2. The van der Waals surface area contributed by atoms with Crippen molar-refractivity contribution in [1.82, 2.24) is 5.32 Å². The molecule has 0 bridgehead atoms. The summed E-state index contributed by atoms with van der Waals surface area (Å²) in [5.74, 6) is 0.133. The lowest BCUT2D eigenvalue weighted by atomic mass is 10.1. The van der Waals surface area contributed by atoms with Crippen molar-refractivity contribution >= 4 is 11.6 Å². The molecule has 1 aromatic rings. The number of hydrogen-bond acceptors (Lipinski definition) is 3. The van der Waals surface area contributed by atoms with E-state index in [9.17, 15) is 4.79 Å². The van der Waals surface area contributed by atoms with Crippen LogP contribution in [-0.4, -0.2) is 25.5 Å². The summed E-state index contributed by atoms with van der Waals surface area (Å²) >= 11 is 0. The third-order valence-electron chi connectivity index (χ3n) is 3.53. The fraction of sp³-hybridized carbons (Fsp3) is 0.500. The van der Waals surface area contributed by atoms with Gasteiger partial charge in [0.1, 0.15) is 6.04 Å². The maximum absolute atomic E-state index is 12.0. The molecule has 4 nitrogen and oxygen atoms in total. The zero-order valence-corrected chi connectivity index (χ0v) is 10.9. The molecule has 98 valence electrons. The highest BCUT2D eigenvalue weighted by atomic mass is 16.2. The Hall–Kier alpha value is -1.55. The Morgan fingerprint density at radius 3 is 3.06 bits per heavy atom. The van der Waals surface area contributed by atoms with Crippen LogP contribution in [0, 0.1) is 0 Å². The van der Waals surface area contributed by atoms with Crippen molar-refractivity contribution in [2.45, 2.75) is 31.8 Å². The maximum Gasteiger partial charge on any atom is 0.242 e. The fourth-order valence-electron chi connectivity index (χ4n) is 2.38. The van der Waals surface area contributed by atoms with E-state index in [1.807, 2.05) is 25.2 Å². The van der Waals surface area contributed by atoms with E-state index in [1.165, 1.54) is 0 Å². The second-order valence-electron chi connectivity index (χ2n) is 4.79. The summed E-state index contributed by atoms with van der Waals surface area (Å²) < 4.78 is 0. The van der Waals surface area contributed by atoms with E-state index in [-0.39, 0.29) is 11.9 Å². The molecular formula is C14H21N3O. The quantitative estimate of drug-likeness (QED) is 0.845. The predicted octanol–water partition coefficient (Wildman–Crippen LogP) is 1.25. The second-order valence-corrected chi connectivity index (χ2v) is 4.79. The van der Waals surface area contributed by atoms with Crippen molar-refractivity contribution in [3.8, 4) is 0 Å². The van der Waals surface area contributed by atoms with E-state index in [4.69, 9.17) is 5.73 Å². The number of nitrogens with two attached hydrogens (primary N) is 1. The first-order chi connectivity index (χ1) is 8.72. The lowest BCUT2D eigenvalue weighted by molar-refractivity contribution is -0.122. The minimum atomic E-state index is -0.0690. The van der Waals surface area contributed by atoms with Crippen molar-refractivity contribution in [2.24, 2.45) is 5.73 Å². The number of nitrogens with zero attached hydrogens (tertiary/aromatic N) is 1. The van der Waals surface area contributed by atoms with Crippen LogP contribution in [0.5, 0.6) is 0 Å². The smallest absolute Gasteiger partial charge is 0.242 e. The van der Waals surface area contributed by atoms with Gasteiger partial charge in [-0.05, 0) is 37.0 Å². The largest absolute Gasteiger partial charge is 0.363 e. The number of amides is 1. The van der Waals surface area contributed by atoms with Gasteiger partial charge < -0.3 is 16.0 Å². The third kappa shape index (κ3) is 2.82. The van der Waals surface area contributed by atoms with Crippen LogP contribution in [0.15, 0.2) is 24.3 Å². The lowest BCUT2D eigenvalue weighted by Crippen LogP contribution is -2.44. The zero-order valence-electron chi connectivity index (χ0n) is 10.9. The molecule has 3 N–H and O–H groups in total. The zero-order chi connectivity index (χ0) is 13.0. The summed E-state index contributed by atoms with van der Waals surface area (Å²) in [6.07, 6.45) is 3.07. The standard InChI is InChI=1S/C14H21N3O/c1-17(12-6-4-5-11(9-12)10-15)13-7-2-3-8-16-14(13)18/h4-6,9,13H,2-3,7-8,10,15H2,1H3,(H,16,18). The van der Waals surface area contributed by atoms with Crippen molar-refractivity contribution in [2.75, 3.05) is 18.5 Å². The average Bonchev–Trinajstić information content (AvgIpc) is 2.62. The molecule has 18 heavy (non-hydrogen) atoms. The van der Waals surface area contributed by atoms with E-state index < -0.39 is 0 Å². The van der Waals surface area contributed by atoms with Gasteiger partial charge in [0.25, 0.3) is 0 Å². The third-order valence-corrected chi connectivity index (χ3v) is 3.53. The Bertz CT molecular complexity index is 419. The van der Waals surface area contributed by atoms with Crippen LogP contribution in [0.1, 0.15) is 24.8 Å². The fourth-order valence-corrected chi connectivity index (χ4v) is 2.38. The highest BCUT2D eigenvalue weighted by Gasteiger charge is 2.24. The molecular weight excluding hydrogens is 226 g/mol. The summed E-state index contributed by atoms with van der Waals surface area (Å²) in [6.45, 7) is 1.32. The van der Waals surface area contributed by atoms with Crippen molar-refractivity contribution in [3.63, 3.8) is 0 Å². The van der Waals surface area contributed by atoms with Gasteiger partial charge >= 0.3 is 0 Å². The van der Waals surface area contributed by atoms with Crippen LogP contribution < -0.4 is 16.0 Å². The molecule has 1 aliphatic rings. The Labute approximate surface area is 108 Å². The first-order valence-corrected chi connectivity index (χ1v) is 6.52. The van der Waals surface area contributed by atoms with Gasteiger partial charge in [0.05, 0.1) is 0 Å². The number of carbonyl (C=O) groups is 1. The van der Waals surface area contributed by atoms with Gasteiger partial charge in [-0.15, -0.1) is 0 Å². The minimum Gasteiger partial charge on any atom is -0.363 e. The molecule has 4 heteroatoms. The molecule has 1 amide bonds. The monoisotopic (exact) mass is 247 g/mol. The summed E-state index contributed by atoms with van der Waals surface area (Å²) in [6, 6.07) is 8.00. The number of likely N-dealkylation sites (N-methyl/N-ethyl adjacent to an activating group) is 1. The molecule has 0 radical (unpaired) electrons. The molecule has 0 aliphatic carbocycles. The molecule has 1 heterocycles. The van der Waals surface area contributed by atoms with Crippen LogP contribution in [0.3, 0.4) is 0 Å². The second kappa shape index (κ2) is 5.87. The first kappa shape index (κ1) is 12.9. The SMILES string of the molecule is CN(c1cccc(CN)c1)C1CCCCNC1=O. The molecule has 1 fully saturated rings. The molecule has 1 aromatic carbocycles. The van der Waals surface area contributed by atoms with E-state index in [2.05, 4.69) is 16.3 Å². The number of anilines is 1. The van der Waals surface area contributed by atoms with Crippen molar-refractivity contribution < 1.29 is 4.79 Å². The highest BCUT2D eigenvalue weighted by Crippen LogP contribution is 2.20. The Balaban J connectivity index is 2.17. The van der Waals surface area contributed by atoms with E-state index in [0.29, 0.717) is 6.54 Å². The van der Waals surface area contributed by atoms with E-state index in [1.54, 1.807) is 0 Å². The number of carbonyl (C=O) groups excluding carboxylic acids is 1. The summed E-state index contributed by atoms with van der Waals surface area (Å²) in [5.41, 5.74) is 7.80. The summed E-state index contributed by atoms with van der Waals surface area (Å²) in [5, 5.41) is 2.97. The summed E-state index contributed by atoms with van der Waals surface area (Å²) in [4.78, 5) is 14.1. The molecule has 1 atom stereocenters. The first-order valence-electron chi connectivity index (χ1n) is 6.52. The molecule has 0 saturated carbocycles. The van der Waals surface area contributed by atoms with Gasteiger partial charge in [-0.3, -0.25) is 4.79 Å². The van der Waals surface area contributed by atoms with E-state index in [0.717, 1.165) is 37.1 Å². The Morgan fingerprint density at radius 1 is 1.44 bits per heavy atom. The average molecular weight is 247 g/mol. The molecule has 0 spiro atoms. The molecule has 1 unspecified atom stereocenters. The van der Waals surface area contributed by atoms with Gasteiger partial charge in [0, 0.05) is 25.8 Å². The van der Waals surface area contributed by atoms with Crippen LogP contribution in [-0.2, 0) is 11.3 Å². The topological polar surface area (TPSA) is 58.4 Å². The van der Waals surface area contributed by atoms with Crippen molar-refractivity contribution in [3.05, 3.63) is 29.8 Å². The van der Waals surface area contributed by atoms with Gasteiger partial charge in [-0.25, -0.2) is 0 Å². The number of nitrogens with one attached hydrogen (secondary N) is 1. The lowest BCUT2D eigenvalue weighted by Gasteiger charge is -2.28. The normalized spacial score (nSPS) is 20.1. The number of benzene rings is 1. The van der Waals surface area contributed by atoms with Gasteiger partial charge in [0.15, 0.2) is 0 Å². The van der Waals surface area contributed by atoms with Gasteiger partial charge in [0.2, 0.25) is 5.91 Å². The minimum absolute atomic E-state index is 0.0690. The van der Waals surface area contributed by atoms with Crippen LogP contribution in [0.4, 0.5) is 5.69 Å². The molecule has 2 rings (SSSR count). The van der Waals surface area contributed by atoms with Gasteiger partial charge in [-0.2, -0.15) is 0 Å². The molecule has 0 aromatic heterocycles. The van der Waals surface area contributed by atoms with Gasteiger partial charge in [-0.1, -0.05) is 12.1 Å². The Morgan fingerprint density at radius 2 is 2.28 bits per heavy atom. The predicted molar refractivity (Wildman–Crippen MR) is 73.4 cm³/mol. The Kier molecular flexibility index (Phi) is 4.20. The van der Waals surface area contributed by atoms with Crippen LogP contribution in [0.25, 0.3) is 0 Å². The summed E-state index contributed by atoms with van der Waals surface area (Å²) in [7, 11) is 1.98. The van der Waals surface area contributed by atoms with Crippen LogP contribution in [0.2, 0.25) is 0 Å². The molecule has 1 aliphatic heterocycles. The van der Waals surface area contributed by atoms with Crippen LogP contribution >= 0.6 is 0 Å².